The zero-order valence-corrected chi connectivity index (χ0v) is 16.8. The second-order valence-electron chi connectivity index (χ2n) is 7.47. The standard InChI is InChI=1S/C21H34N4O2/c1-17-6-7-18(20(14-17)27-19-8-13-26-16-19)15-24-21(22-2)23-9-12-25-10-4-3-5-11-25/h6-7,14,19H,3-5,8-13,15-16H2,1-2H3,(H2,22,23,24). The van der Waals surface area contributed by atoms with E-state index in [0.29, 0.717) is 13.2 Å². The Morgan fingerprint density at radius 1 is 1.26 bits per heavy atom. The fraction of sp³-hybridized carbons (Fsp3) is 0.667. The molecular formula is C21H34N4O2. The molecule has 1 unspecified atom stereocenters. The molecule has 0 bridgehead atoms. The van der Waals surface area contributed by atoms with Crippen molar-refractivity contribution >= 4 is 5.96 Å². The van der Waals surface area contributed by atoms with Crippen LogP contribution in [0.2, 0.25) is 0 Å². The van der Waals surface area contributed by atoms with Crippen molar-refractivity contribution in [2.45, 2.75) is 45.3 Å². The molecule has 2 aliphatic heterocycles. The van der Waals surface area contributed by atoms with E-state index in [1.807, 2.05) is 7.05 Å². The van der Waals surface area contributed by atoms with Crippen molar-refractivity contribution in [2.24, 2.45) is 4.99 Å². The van der Waals surface area contributed by atoms with Crippen LogP contribution in [0.5, 0.6) is 5.75 Å². The first-order chi connectivity index (χ1) is 13.2. The number of aryl methyl sites for hydroxylation is 1. The number of ether oxygens (including phenoxy) is 2. The zero-order chi connectivity index (χ0) is 18.9. The van der Waals surface area contributed by atoms with Gasteiger partial charge in [0, 0.05) is 38.7 Å². The third-order valence-corrected chi connectivity index (χ3v) is 5.24. The van der Waals surface area contributed by atoms with Gasteiger partial charge in [0.15, 0.2) is 5.96 Å². The van der Waals surface area contributed by atoms with Crippen LogP contribution in [0.4, 0.5) is 0 Å². The first kappa shape index (κ1) is 20.0. The van der Waals surface area contributed by atoms with Crippen LogP contribution < -0.4 is 15.4 Å². The van der Waals surface area contributed by atoms with Gasteiger partial charge in [-0.1, -0.05) is 18.6 Å². The van der Waals surface area contributed by atoms with Gasteiger partial charge in [-0.2, -0.15) is 0 Å². The van der Waals surface area contributed by atoms with E-state index in [0.717, 1.165) is 43.4 Å². The maximum absolute atomic E-state index is 6.18. The largest absolute Gasteiger partial charge is 0.488 e. The lowest BCUT2D eigenvalue weighted by atomic mass is 10.1. The van der Waals surface area contributed by atoms with Crippen molar-refractivity contribution in [2.75, 3.05) is 46.4 Å². The fourth-order valence-electron chi connectivity index (χ4n) is 3.62. The van der Waals surface area contributed by atoms with Crippen LogP contribution in [0.3, 0.4) is 0 Å². The Labute approximate surface area is 163 Å². The molecule has 2 fully saturated rings. The van der Waals surface area contributed by atoms with Crippen molar-refractivity contribution in [3.05, 3.63) is 29.3 Å². The van der Waals surface area contributed by atoms with E-state index in [9.17, 15) is 0 Å². The highest BCUT2D eigenvalue weighted by molar-refractivity contribution is 5.79. The first-order valence-electron chi connectivity index (χ1n) is 10.3. The molecule has 1 atom stereocenters. The number of aliphatic imine (C=N–C) groups is 1. The average molecular weight is 375 g/mol. The molecule has 0 aliphatic carbocycles. The molecule has 27 heavy (non-hydrogen) atoms. The van der Waals surface area contributed by atoms with E-state index in [1.165, 1.54) is 37.9 Å². The summed E-state index contributed by atoms with van der Waals surface area (Å²) in [7, 11) is 1.82. The molecule has 0 radical (unpaired) electrons. The lowest BCUT2D eigenvalue weighted by Crippen LogP contribution is -2.42. The number of guanidine groups is 1. The van der Waals surface area contributed by atoms with Crippen LogP contribution in [-0.2, 0) is 11.3 Å². The normalized spacial score (nSPS) is 21.3. The van der Waals surface area contributed by atoms with Crippen molar-refractivity contribution in [1.29, 1.82) is 0 Å². The monoisotopic (exact) mass is 374 g/mol. The molecule has 0 amide bonds. The number of nitrogens with zero attached hydrogens (tertiary/aromatic N) is 2. The molecular weight excluding hydrogens is 340 g/mol. The van der Waals surface area contributed by atoms with Crippen molar-refractivity contribution in [3.8, 4) is 5.75 Å². The van der Waals surface area contributed by atoms with E-state index in [1.54, 1.807) is 0 Å². The predicted octanol–water partition coefficient (Wildman–Crippen LogP) is 2.31. The first-order valence-corrected chi connectivity index (χ1v) is 10.3. The third-order valence-electron chi connectivity index (χ3n) is 5.24. The van der Waals surface area contributed by atoms with E-state index in [2.05, 4.69) is 45.6 Å². The van der Waals surface area contributed by atoms with Gasteiger partial charge in [-0.05, 0) is 44.5 Å². The molecule has 1 aromatic rings. The quantitative estimate of drug-likeness (QED) is 0.567. The number of benzene rings is 1. The van der Waals surface area contributed by atoms with Crippen LogP contribution in [0, 0.1) is 6.92 Å². The predicted molar refractivity (Wildman–Crippen MR) is 110 cm³/mol. The van der Waals surface area contributed by atoms with Crippen molar-refractivity contribution in [3.63, 3.8) is 0 Å². The summed E-state index contributed by atoms with van der Waals surface area (Å²) in [5.74, 6) is 1.78. The summed E-state index contributed by atoms with van der Waals surface area (Å²) < 4.78 is 11.6. The maximum atomic E-state index is 6.18. The molecule has 1 aromatic carbocycles. The Balaban J connectivity index is 1.48. The van der Waals surface area contributed by atoms with Crippen LogP contribution in [0.1, 0.15) is 36.8 Å². The van der Waals surface area contributed by atoms with Gasteiger partial charge in [0.2, 0.25) is 0 Å². The molecule has 0 spiro atoms. The van der Waals surface area contributed by atoms with Gasteiger partial charge in [-0.15, -0.1) is 0 Å². The van der Waals surface area contributed by atoms with E-state index in [-0.39, 0.29) is 6.10 Å². The molecule has 2 aliphatic rings. The van der Waals surface area contributed by atoms with Crippen molar-refractivity contribution in [1.82, 2.24) is 15.5 Å². The number of nitrogens with one attached hydrogen (secondary N) is 2. The van der Waals surface area contributed by atoms with Crippen LogP contribution in [0.25, 0.3) is 0 Å². The summed E-state index contributed by atoms with van der Waals surface area (Å²) >= 11 is 0. The van der Waals surface area contributed by atoms with Gasteiger partial charge in [-0.25, -0.2) is 0 Å². The summed E-state index contributed by atoms with van der Waals surface area (Å²) in [5, 5.41) is 6.84. The summed E-state index contributed by atoms with van der Waals surface area (Å²) in [6.07, 6.45) is 5.15. The second kappa shape index (κ2) is 10.5. The summed E-state index contributed by atoms with van der Waals surface area (Å²) in [6, 6.07) is 6.37. The Morgan fingerprint density at radius 2 is 2.11 bits per heavy atom. The highest BCUT2D eigenvalue weighted by Gasteiger charge is 2.19. The third kappa shape index (κ3) is 6.40. The van der Waals surface area contributed by atoms with Gasteiger partial charge in [0.05, 0.1) is 13.2 Å². The highest BCUT2D eigenvalue weighted by Crippen LogP contribution is 2.23. The van der Waals surface area contributed by atoms with Crippen LogP contribution in [-0.4, -0.2) is 63.4 Å². The van der Waals surface area contributed by atoms with Crippen LogP contribution >= 0.6 is 0 Å². The number of hydrogen-bond donors (Lipinski definition) is 2. The number of piperidine rings is 1. The highest BCUT2D eigenvalue weighted by atomic mass is 16.5. The Morgan fingerprint density at radius 3 is 2.85 bits per heavy atom. The topological polar surface area (TPSA) is 58.1 Å². The molecule has 3 rings (SSSR count). The summed E-state index contributed by atoms with van der Waals surface area (Å²) in [6.45, 7) is 8.68. The minimum absolute atomic E-state index is 0.160. The molecule has 0 aromatic heterocycles. The molecule has 2 heterocycles. The Kier molecular flexibility index (Phi) is 7.78. The molecule has 2 N–H and O–H groups in total. The molecule has 0 saturated carbocycles. The van der Waals surface area contributed by atoms with E-state index >= 15 is 0 Å². The fourth-order valence-corrected chi connectivity index (χ4v) is 3.62. The molecule has 6 nitrogen and oxygen atoms in total. The summed E-state index contributed by atoms with van der Waals surface area (Å²) in [5.41, 5.74) is 2.35. The smallest absolute Gasteiger partial charge is 0.191 e. The van der Waals surface area contributed by atoms with Crippen molar-refractivity contribution < 1.29 is 9.47 Å². The van der Waals surface area contributed by atoms with E-state index in [4.69, 9.17) is 9.47 Å². The molecule has 6 heteroatoms. The van der Waals surface area contributed by atoms with Gasteiger partial charge in [-0.3, -0.25) is 4.99 Å². The Hall–Kier alpha value is -1.79. The lowest BCUT2D eigenvalue weighted by Gasteiger charge is -2.26. The minimum Gasteiger partial charge on any atom is -0.488 e. The zero-order valence-electron chi connectivity index (χ0n) is 16.8. The Bertz CT molecular complexity index is 608. The van der Waals surface area contributed by atoms with Gasteiger partial charge in [0.1, 0.15) is 11.9 Å². The number of likely N-dealkylation sites (tertiary alicyclic amines) is 1. The van der Waals surface area contributed by atoms with E-state index < -0.39 is 0 Å². The van der Waals surface area contributed by atoms with Crippen LogP contribution in [0.15, 0.2) is 23.2 Å². The number of rotatable bonds is 7. The number of hydrogen-bond acceptors (Lipinski definition) is 4. The SMILES string of the molecule is CN=C(NCCN1CCCCC1)NCc1ccc(C)cc1OC1CCOC1. The minimum atomic E-state index is 0.160. The average Bonchev–Trinajstić information content (AvgIpc) is 3.19. The summed E-state index contributed by atoms with van der Waals surface area (Å²) in [4.78, 5) is 6.88. The van der Waals surface area contributed by atoms with Gasteiger partial charge < -0.3 is 25.0 Å². The lowest BCUT2D eigenvalue weighted by molar-refractivity contribution is 0.140. The van der Waals surface area contributed by atoms with Gasteiger partial charge in [0.25, 0.3) is 0 Å². The van der Waals surface area contributed by atoms with Gasteiger partial charge >= 0.3 is 0 Å². The molecule has 150 valence electrons. The second-order valence-corrected chi connectivity index (χ2v) is 7.47. The molecule has 2 saturated heterocycles. The maximum Gasteiger partial charge on any atom is 0.191 e.